The largest absolute Gasteiger partial charge is 0.228 e. The molecule has 4 heteroatoms. The predicted octanol–water partition coefficient (Wildman–Crippen LogP) is 24.5. The third-order valence-corrected chi connectivity index (χ3v) is 19.1. The molecular weight excluding hydrogens is 1160 g/mol. The van der Waals surface area contributed by atoms with Crippen LogP contribution in [0, 0.1) is 0 Å². The van der Waals surface area contributed by atoms with Crippen molar-refractivity contribution in [1.82, 2.24) is 19.9 Å². The summed E-state index contributed by atoms with van der Waals surface area (Å²) in [6, 6.07) is 127. The number of hydrogen-bond donors (Lipinski definition) is 0. The van der Waals surface area contributed by atoms with Gasteiger partial charge >= 0.3 is 0 Å². The van der Waals surface area contributed by atoms with Crippen molar-refractivity contribution in [2.75, 3.05) is 0 Å². The second-order valence-corrected chi connectivity index (χ2v) is 24.8. The Morgan fingerprint density at radius 2 is 0.385 bits per heavy atom. The van der Waals surface area contributed by atoms with Crippen LogP contribution in [-0.2, 0) is 0 Å². The molecule has 0 aliphatic heterocycles. The summed E-state index contributed by atoms with van der Waals surface area (Å²) in [5.41, 5.74) is 20.9. The van der Waals surface area contributed by atoms with Crippen LogP contribution in [0.1, 0.15) is 0 Å². The highest BCUT2D eigenvalue weighted by atomic mass is 14.9. The third kappa shape index (κ3) is 10.1. The Kier molecular flexibility index (Phi) is 13.8. The van der Waals surface area contributed by atoms with Crippen molar-refractivity contribution in [3.63, 3.8) is 0 Å². The minimum absolute atomic E-state index is 0.676. The molecule has 446 valence electrons. The normalized spacial score (nSPS) is 11.5. The standard InChI is InChI=1S/C92H58N4/c1-4-23-59(24-5-1)87-58-90(96-92(93-87)61-27-8-3-9-28-61)83-44-19-18-40-76(83)72-36-11-10-35-71(72)68-47-50-82-81-49-46-67(55-85(81)78-42-16-17-43-79(78)86(82)56-68)65-32-22-34-70(53-65)89-57-88(94-91(95-89)60-25-6-2-7-26-60)69-33-21-31-64(52-69)62-29-20-30-63(51-62)66-45-48-80-75-39-13-12-37-73(75)74-38-14-15-41-77(74)84(80)54-66/h1-58H. The van der Waals surface area contributed by atoms with Crippen molar-refractivity contribution in [3.05, 3.63) is 352 Å². The van der Waals surface area contributed by atoms with Gasteiger partial charge in [-0.1, -0.05) is 303 Å². The van der Waals surface area contributed by atoms with Gasteiger partial charge in [-0.25, -0.2) is 19.9 Å². The molecule has 0 bridgehead atoms. The molecule has 0 aliphatic carbocycles. The minimum Gasteiger partial charge on any atom is -0.228 e. The molecule has 2 heterocycles. The second-order valence-electron chi connectivity index (χ2n) is 24.8. The van der Waals surface area contributed by atoms with Gasteiger partial charge in [-0.3, -0.25) is 0 Å². The van der Waals surface area contributed by atoms with Crippen molar-refractivity contribution in [2.45, 2.75) is 0 Å². The van der Waals surface area contributed by atoms with E-state index in [1.54, 1.807) is 0 Å². The fourth-order valence-corrected chi connectivity index (χ4v) is 14.4. The maximum absolute atomic E-state index is 5.32. The zero-order valence-corrected chi connectivity index (χ0v) is 52.3. The van der Waals surface area contributed by atoms with Crippen molar-refractivity contribution in [1.29, 1.82) is 0 Å². The maximum atomic E-state index is 5.32. The van der Waals surface area contributed by atoms with Gasteiger partial charge in [0.25, 0.3) is 0 Å². The predicted molar refractivity (Wildman–Crippen MR) is 402 cm³/mol. The number of aromatic nitrogens is 4. The van der Waals surface area contributed by atoms with Crippen molar-refractivity contribution in [2.24, 2.45) is 0 Å². The minimum atomic E-state index is 0.676. The Labute approximate surface area is 556 Å². The molecule has 18 rings (SSSR count). The lowest BCUT2D eigenvalue weighted by Crippen LogP contribution is -1.97. The molecule has 0 fully saturated rings. The van der Waals surface area contributed by atoms with Crippen LogP contribution >= 0.6 is 0 Å². The van der Waals surface area contributed by atoms with E-state index in [0.29, 0.717) is 11.6 Å². The molecule has 0 atom stereocenters. The van der Waals surface area contributed by atoms with Crippen molar-refractivity contribution < 1.29 is 0 Å². The molecule has 2 aromatic heterocycles. The van der Waals surface area contributed by atoms with Gasteiger partial charge in [0.15, 0.2) is 11.6 Å². The van der Waals surface area contributed by atoms with Gasteiger partial charge in [0.1, 0.15) is 0 Å². The fourth-order valence-electron chi connectivity index (χ4n) is 14.4. The molecule has 4 nitrogen and oxygen atoms in total. The third-order valence-electron chi connectivity index (χ3n) is 19.1. The Morgan fingerprint density at radius 1 is 0.125 bits per heavy atom. The topological polar surface area (TPSA) is 51.6 Å². The quantitative estimate of drug-likeness (QED) is 0.121. The summed E-state index contributed by atoms with van der Waals surface area (Å²) in [4.78, 5) is 21.0. The van der Waals surface area contributed by atoms with Crippen LogP contribution in [0.5, 0.6) is 0 Å². The van der Waals surface area contributed by atoms with Gasteiger partial charge in [-0.05, 0) is 169 Å². The van der Waals surface area contributed by atoms with Crippen LogP contribution in [0.2, 0.25) is 0 Å². The van der Waals surface area contributed by atoms with Crippen LogP contribution in [0.3, 0.4) is 0 Å². The molecule has 0 spiro atoms. The Balaban J connectivity index is 0.689. The van der Waals surface area contributed by atoms with E-state index >= 15 is 0 Å². The molecule has 16 aromatic carbocycles. The molecule has 0 saturated carbocycles. The van der Waals surface area contributed by atoms with Gasteiger partial charge in [0.05, 0.1) is 22.8 Å². The van der Waals surface area contributed by atoms with Crippen molar-refractivity contribution >= 4 is 64.6 Å². The summed E-state index contributed by atoms with van der Waals surface area (Å²) >= 11 is 0. The van der Waals surface area contributed by atoms with Gasteiger partial charge in [-0.2, -0.15) is 0 Å². The zero-order chi connectivity index (χ0) is 63.5. The summed E-state index contributed by atoms with van der Waals surface area (Å²) in [5.74, 6) is 1.37. The Bertz CT molecular complexity index is 5970. The second kappa shape index (κ2) is 23.7. The van der Waals surface area contributed by atoms with Gasteiger partial charge in [-0.15, -0.1) is 0 Å². The maximum Gasteiger partial charge on any atom is 0.160 e. The lowest BCUT2D eigenvalue weighted by Gasteiger charge is -2.17. The smallest absolute Gasteiger partial charge is 0.160 e. The van der Waals surface area contributed by atoms with E-state index in [-0.39, 0.29) is 0 Å². The van der Waals surface area contributed by atoms with Crippen LogP contribution in [-0.4, -0.2) is 19.9 Å². The molecule has 0 amide bonds. The molecule has 0 aliphatic rings. The fraction of sp³-hybridized carbons (Fsp3) is 0. The highest BCUT2D eigenvalue weighted by Gasteiger charge is 2.20. The van der Waals surface area contributed by atoms with E-state index in [0.717, 1.165) is 101 Å². The first-order chi connectivity index (χ1) is 47.6. The van der Waals surface area contributed by atoms with E-state index < -0.39 is 0 Å². The lowest BCUT2D eigenvalue weighted by molar-refractivity contribution is 1.18. The first kappa shape index (κ1) is 56.0. The molecule has 0 radical (unpaired) electrons. The molecule has 0 N–H and O–H groups in total. The van der Waals surface area contributed by atoms with Crippen molar-refractivity contribution in [3.8, 4) is 123 Å². The number of rotatable bonds is 11. The van der Waals surface area contributed by atoms with E-state index in [9.17, 15) is 0 Å². The monoisotopic (exact) mass is 1220 g/mol. The first-order valence-corrected chi connectivity index (χ1v) is 32.7. The van der Waals surface area contributed by atoms with E-state index in [2.05, 4.69) is 322 Å². The van der Waals surface area contributed by atoms with Crippen LogP contribution in [0.4, 0.5) is 0 Å². The van der Waals surface area contributed by atoms with E-state index in [1.807, 2.05) is 30.3 Å². The Morgan fingerprint density at radius 3 is 0.823 bits per heavy atom. The molecule has 0 saturated heterocycles. The van der Waals surface area contributed by atoms with Gasteiger partial charge < -0.3 is 0 Å². The molecule has 18 aromatic rings. The van der Waals surface area contributed by atoms with Crippen LogP contribution < -0.4 is 0 Å². The number of hydrogen-bond acceptors (Lipinski definition) is 4. The average Bonchev–Trinajstić information content (AvgIpc) is 0.745. The summed E-state index contributed by atoms with van der Waals surface area (Å²) in [7, 11) is 0. The molecule has 96 heavy (non-hydrogen) atoms. The van der Waals surface area contributed by atoms with Crippen LogP contribution in [0.25, 0.3) is 188 Å². The summed E-state index contributed by atoms with van der Waals surface area (Å²) in [6.45, 7) is 0. The highest BCUT2D eigenvalue weighted by molar-refractivity contribution is 6.27. The zero-order valence-electron chi connectivity index (χ0n) is 52.3. The molecule has 0 unspecified atom stereocenters. The Hall–Kier alpha value is -12.8. The summed E-state index contributed by atoms with van der Waals surface area (Å²) < 4.78 is 0. The van der Waals surface area contributed by atoms with Gasteiger partial charge in [0, 0.05) is 33.4 Å². The summed E-state index contributed by atoms with van der Waals surface area (Å²) in [6.07, 6.45) is 0. The highest BCUT2D eigenvalue weighted by Crippen LogP contribution is 2.45. The first-order valence-electron chi connectivity index (χ1n) is 32.7. The average molecular weight is 1220 g/mol. The SMILES string of the molecule is c1ccc(-c2cc(-c3ccccc3-c3ccccc3-c3ccc4c5ccc(-c6cccc(-c7cc(-c8cccc(-c9cccc(-c%10ccc%11c%12ccccc%12c%12ccccc%12c%11c%10)c9)c8)nc(-c8ccccc8)n7)c6)cc5c5ccccc5c4c3)nc(-c3ccccc3)n2)cc1. The van der Waals surface area contributed by atoms with E-state index in [4.69, 9.17) is 19.9 Å². The summed E-state index contributed by atoms with van der Waals surface area (Å²) in [5, 5.41) is 14.9. The van der Waals surface area contributed by atoms with E-state index in [1.165, 1.54) is 75.8 Å². The number of nitrogens with zero attached hydrogens (tertiary/aromatic N) is 4. The number of fused-ring (bicyclic) bond motifs is 12. The number of benzene rings is 16. The van der Waals surface area contributed by atoms with Gasteiger partial charge in [0.2, 0.25) is 0 Å². The lowest BCUT2D eigenvalue weighted by atomic mass is 9.87. The molecular formula is C92H58N4. The van der Waals surface area contributed by atoms with Crippen LogP contribution in [0.15, 0.2) is 352 Å².